The maximum atomic E-state index is 11.5. The lowest BCUT2D eigenvalue weighted by Gasteiger charge is -2.38. The van der Waals surface area contributed by atoms with Crippen molar-refractivity contribution in [2.24, 2.45) is 11.7 Å². The summed E-state index contributed by atoms with van der Waals surface area (Å²) in [5, 5.41) is 0. The fourth-order valence-corrected chi connectivity index (χ4v) is 2.66. The minimum Gasteiger partial charge on any atom is -0.397 e. The van der Waals surface area contributed by atoms with Crippen molar-refractivity contribution in [1.29, 1.82) is 0 Å². The van der Waals surface area contributed by atoms with Crippen LogP contribution in [0.25, 0.3) is 0 Å². The van der Waals surface area contributed by atoms with Gasteiger partial charge in [0.2, 0.25) is 0 Å². The van der Waals surface area contributed by atoms with Gasteiger partial charge in [-0.15, -0.1) is 0 Å². The van der Waals surface area contributed by atoms with Crippen LogP contribution in [0.5, 0.6) is 0 Å². The smallest absolute Gasteiger partial charge is 0.250 e. The number of nitrogen functional groups attached to an aromatic ring is 1. The molecule has 2 unspecified atom stereocenters. The number of primary amides is 1. The van der Waals surface area contributed by atoms with E-state index in [4.69, 9.17) is 16.2 Å². The summed E-state index contributed by atoms with van der Waals surface area (Å²) in [5.74, 6) is 0.0538. The van der Waals surface area contributed by atoms with Crippen LogP contribution < -0.4 is 16.4 Å². The van der Waals surface area contributed by atoms with Crippen molar-refractivity contribution < 1.29 is 9.53 Å². The van der Waals surface area contributed by atoms with E-state index in [1.54, 1.807) is 25.3 Å². The molecule has 1 aromatic carbocycles. The Balaban J connectivity index is 2.34. The molecule has 1 aliphatic rings. The summed E-state index contributed by atoms with van der Waals surface area (Å²) in [6.45, 7) is 3.76. The van der Waals surface area contributed by atoms with E-state index in [0.29, 0.717) is 17.2 Å². The second kappa shape index (κ2) is 5.48. The van der Waals surface area contributed by atoms with Crippen LogP contribution in [-0.2, 0) is 4.74 Å². The average molecular weight is 263 g/mol. The Morgan fingerprint density at radius 1 is 1.47 bits per heavy atom. The predicted octanol–water partition coefficient (Wildman–Crippen LogP) is 1.23. The first-order chi connectivity index (χ1) is 9.04. The Hall–Kier alpha value is -1.75. The first kappa shape index (κ1) is 13.7. The first-order valence-electron chi connectivity index (χ1n) is 6.50. The molecule has 1 aromatic rings. The SMILES string of the molecule is COC1CN(c2c(N)cccc2C(N)=O)CCC1C. The zero-order chi connectivity index (χ0) is 14.0. The number of rotatable bonds is 3. The number of amides is 1. The number of anilines is 2. The van der Waals surface area contributed by atoms with E-state index < -0.39 is 5.91 Å². The van der Waals surface area contributed by atoms with Crippen molar-refractivity contribution in [2.45, 2.75) is 19.4 Å². The van der Waals surface area contributed by atoms with Gasteiger partial charge >= 0.3 is 0 Å². The van der Waals surface area contributed by atoms with E-state index in [1.807, 2.05) is 0 Å². The van der Waals surface area contributed by atoms with Crippen LogP contribution in [0.3, 0.4) is 0 Å². The molecule has 0 aliphatic carbocycles. The van der Waals surface area contributed by atoms with Crippen LogP contribution in [0.1, 0.15) is 23.7 Å². The molecule has 4 N–H and O–H groups in total. The van der Waals surface area contributed by atoms with Crippen molar-refractivity contribution in [3.05, 3.63) is 23.8 Å². The lowest BCUT2D eigenvalue weighted by molar-refractivity contribution is 0.0498. The second-order valence-corrected chi connectivity index (χ2v) is 5.09. The Morgan fingerprint density at radius 3 is 2.84 bits per heavy atom. The maximum Gasteiger partial charge on any atom is 0.250 e. The fourth-order valence-electron chi connectivity index (χ4n) is 2.66. The van der Waals surface area contributed by atoms with Crippen LogP contribution in [0.2, 0.25) is 0 Å². The highest BCUT2D eigenvalue weighted by Crippen LogP contribution is 2.32. The number of nitrogens with two attached hydrogens (primary N) is 2. The standard InChI is InChI=1S/C14H21N3O2/c1-9-6-7-17(8-12(9)19-2)13-10(14(16)18)4-3-5-11(13)15/h3-5,9,12H,6-8,15H2,1-2H3,(H2,16,18). The largest absolute Gasteiger partial charge is 0.397 e. The molecule has 104 valence electrons. The number of para-hydroxylation sites is 1. The molecule has 0 radical (unpaired) electrons. The van der Waals surface area contributed by atoms with Crippen LogP contribution in [0.15, 0.2) is 18.2 Å². The molecule has 1 aliphatic heterocycles. The molecule has 0 aromatic heterocycles. The van der Waals surface area contributed by atoms with Crippen molar-refractivity contribution >= 4 is 17.3 Å². The highest BCUT2D eigenvalue weighted by Gasteiger charge is 2.28. The van der Waals surface area contributed by atoms with Gasteiger partial charge in [-0.05, 0) is 24.5 Å². The van der Waals surface area contributed by atoms with E-state index >= 15 is 0 Å². The number of carbonyl (C=O) groups is 1. The molecular formula is C14H21N3O2. The topological polar surface area (TPSA) is 81.6 Å². The number of carbonyl (C=O) groups excluding carboxylic acids is 1. The van der Waals surface area contributed by atoms with Crippen LogP contribution in [0.4, 0.5) is 11.4 Å². The number of piperidine rings is 1. The first-order valence-corrected chi connectivity index (χ1v) is 6.50. The third-order valence-corrected chi connectivity index (χ3v) is 3.84. The molecule has 19 heavy (non-hydrogen) atoms. The molecule has 2 atom stereocenters. The minimum absolute atomic E-state index is 0.147. The normalized spacial score (nSPS) is 23.4. The molecule has 1 amide bonds. The maximum absolute atomic E-state index is 11.5. The highest BCUT2D eigenvalue weighted by atomic mass is 16.5. The zero-order valence-electron chi connectivity index (χ0n) is 11.4. The summed E-state index contributed by atoms with van der Waals surface area (Å²) in [6.07, 6.45) is 1.15. The van der Waals surface area contributed by atoms with Gasteiger partial charge in [-0.25, -0.2) is 0 Å². The monoisotopic (exact) mass is 263 g/mol. The van der Waals surface area contributed by atoms with Gasteiger partial charge in [-0.2, -0.15) is 0 Å². The van der Waals surface area contributed by atoms with Gasteiger partial charge in [0.15, 0.2) is 0 Å². The molecule has 1 heterocycles. The Bertz CT molecular complexity index is 476. The average Bonchev–Trinajstić information content (AvgIpc) is 2.39. The summed E-state index contributed by atoms with van der Waals surface area (Å²) >= 11 is 0. The third kappa shape index (κ3) is 2.66. The fraction of sp³-hybridized carbons (Fsp3) is 0.500. The molecule has 0 saturated carbocycles. The number of ether oxygens (including phenoxy) is 1. The zero-order valence-corrected chi connectivity index (χ0v) is 11.4. The van der Waals surface area contributed by atoms with E-state index in [0.717, 1.165) is 25.2 Å². The molecule has 1 fully saturated rings. The third-order valence-electron chi connectivity index (χ3n) is 3.84. The minimum atomic E-state index is -0.449. The van der Waals surface area contributed by atoms with E-state index in [-0.39, 0.29) is 6.10 Å². The van der Waals surface area contributed by atoms with Gasteiger partial charge in [0.25, 0.3) is 5.91 Å². The number of hydrogen-bond acceptors (Lipinski definition) is 4. The van der Waals surface area contributed by atoms with E-state index in [9.17, 15) is 4.79 Å². The van der Waals surface area contributed by atoms with Gasteiger partial charge in [0.05, 0.1) is 23.0 Å². The van der Waals surface area contributed by atoms with Crippen LogP contribution >= 0.6 is 0 Å². The Labute approximate surface area is 113 Å². The summed E-state index contributed by atoms with van der Waals surface area (Å²) in [7, 11) is 1.72. The quantitative estimate of drug-likeness (QED) is 0.804. The van der Waals surface area contributed by atoms with Gasteiger partial charge in [-0.1, -0.05) is 13.0 Å². The summed E-state index contributed by atoms with van der Waals surface area (Å²) < 4.78 is 5.50. The predicted molar refractivity (Wildman–Crippen MR) is 76.2 cm³/mol. The molecule has 2 rings (SSSR count). The Kier molecular flexibility index (Phi) is 3.95. The molecule has 1 saturated heterocycles. The lowest BCUT2D eigenvalue weighted by Crippen LogP contribution is -2.44. The number of benzene rings is 1. The van der Waals surface area contributed by atoms with Crippen LogP contribution in [0, 0.1) is 5.92 Å². The highest BCUT2D eigenvalue weighted by molar-refractivity contribution is 6.01. The molecule has 0 spiro atoms. The second-order valence-electron chi connectivity index (χ2n) is 5.09. The van der Waals surface area contributed by atoms with Gasteiger partial charge in [0, 0.05) is 20.2 Å². The van der Waals surface area contributed by atoms with Crippen LogP contribution in [-0.4, -0.2) is 32.2 Å². The van der Waals surface area contributed by atoms with E-state index in [1.165, 1.54) is 0 Å². The van der Waals surface area contributed by atoms with Gasteiger partial charge in [0.1, 0.15) is 0 Å². The lowest BCUT2D eigenvalue weighted by atomic mass is 9.94. The van der Waals surface area contributed by atoms with Crippen molar-refractivity contribution in [3.8, 4) is 0 Å². The number of hydrogen-bond donors (Lipinski definition) is 2. The van der Waals surface area contributed by atoms with Crippen molar-refractivity contribution in [1.82, 2.24) is 0 Å². The van der Waals surface area contributed by atoms with Gasteiger partial charge in [-0.3, -0.25) is 4.79 Å². The van der Waals surface area contributed by atoms with Gasteiger partial charge < -0.3 is 21.1 Å². The summed E-state index contributed by atoms with van der Waals surface area (Å²) in [5.41, 5.74) is 13.3. The summed E-state index contributed by atoms with van der Waals surface area (Å²) in [6, 6.07) is 5.26. The molecular weight excluding hydrogens is 242 g/mol. The molecule has 5 heteroatoms. The number of nitrogens with zero attached hydrogens (tertiary/aromatic N) is 1. The Morgan fingerprint density at radius 2 is 2.21 bits per heavy atom. The molecule has 5 nitrogen and oxygen atoms in total. The van der Waals surface area contributed by atoms with Crippen molar-refractivity contribution in [3.63, 3.8) is 0 Å². The molecule has 0 bridgehead atoms. The summed E-state index contributed by atoms with van der Waals surface area (Å²) in [4.78, 5) is 13.6. The van der Waals surface area contributed by atoms with Crippen molar-refractivity contribution in [2.75, 3.05) is 30.8 Å². The van der Waals surface area contributed by atoms with E-state index in [2.05, 4.69) is 11.8 Å². The number of methoxy groups -OCH3 is 1.